The van der Waals surface area contributed by atoms with Gasteiger partial charge in [-0.2, -0.15) is 0 Å². The van der Waals surface area contributed by atoms with Crippen LogP contribution in [0.2, 0.25) is 0 Å². The summed E-state index contributed by atoms with van der Waals surface area (Å²) in [6.45, 7) is 0. The van der Waals surface area contributed by atoms with Gasteiger partial charge in [-0.05, 0) is 0 Å². The van der Waals surface area contributed by atoms with Crippen LogP contribution in [0.3, 0.4) is 0 Å². The van der Waals surface area contributed by atoms with Gasteiger partial charge in [0.2, 0.25) is 0 Å². The Morgan fingerprint density at radius 2 is 0.727 bits per heavy atom. The molecule has 0 amide bonds. The molecule has 11 heteroatoms. The predicted molar refractivity (Wildman–Crippen MR) is 22.6 cm³/mol. The molecule has 8 nitrogen and oxygen atoms in total. The number of hydrogen-bond acceptors (Lipinski definition) is 8. The molecule has 0 aliphatic carbocycles. The second kappa shape index (κ2) is 6.83. The van der Waals surface area contributed by atoms with Gasteiger partial charge >= 0.3 is 46.4 Å². The van der Waals surface area contributed by atoms with E-state index in [-0.39, 0.29) is 37.3 Å². The first kappa shape index (κ1) is 18.2. The Morgan fingerprint density at radius 3 is 0.727 bits per heavy atom. The van der Waals surface area contributed by atoms with E-state index in [1.54, 1.807) is 0 Å². The molecule has 0 fully saturated rings. The van der Waals surface area contributed by atoms with Crippen LogP contribution in [0.4, 0.5) is 0 Å². The predicted octanol–water partition coefficient (Wildman–Crippen LogP) is -7.11. The van der Waals surface area contributed by atoms with E-state index in [2.05, 4.69) is 0 Å². The van der Waals surface area contributed by atoms with Gasteiger partial charge in [0.05, 0.1) is 0 Å². The minimum Gasteiger partial charge on any atom is -0.861 e. The second-order valence-electron chi connectivity index (χ2n) is 1.12. The molecule has 0 aliphatic heterocycles. The summed E-state index contributed by atoms with van der Waals surface area (Å²) < 4.78 is 0. The third-order valence-electron chi connectivity index (χ3n) is 0. The molecule has 0 heterocycles. The smallest absolute Gasteiger partial charge is 0.861 e. The Balaban J connectivity index is -0.000000107. The minimum absolute atomic E-state index is 0. The normalized spacial score (nSPS) is 10.9. The van der Waals surface area contributed by atoms with Gasteiger partial charge in [-0.25, -0.2) is 0 Å². The SMILES string of the molecule is O[Si](O)(O)O.[Er+3].[O-][Si]([O-])([O-])O. The monoisotopic (exact) mass is 355 g/mol. The van der Waals surface area contributed by atoms with Crippen LogP contribution in [0.5, 0.6) is 0 Å². The molecule has 0 atom stereocenters. The topological polar surface area (TPSA) is 170 Å². The Hall–Kier alpha value is 1.36. The summed E-state index contributed by atoms with van der Waals surface area (Å²) in [5.41, 5.74) is 0. The summed E-state index contributed by atoms with van der Waals surface area (Å²) in [6.07, 6.45) is 0. The van der Waals surface area contributed by atoms with Crippen molar-refractivity contribution in [3.63, 3.8) is 0 Å². The average molecular weight is 356 g/mol. The third kappa shape index (κ3) is 538. The van der Waals surface area contributed by atoms with Crippen molar-refractivity contribution in [2.45, 2.75) is 0 Å². The molecular formula is H5ErO8Si2. The number of hydrogen-bond donors (Lipinski definition) is 5. The molecule has 5 N–H and O–H groups in total. The fourth-order valence-electron chi connectivity index (χ4n) is 0. The third-order valence-corrected chi connectivity index (χ3v) is 0. The fraction of sp³-hybridized carbons (Fsp3) is 0. The minimum atomic E-state index is -5.36. The van der Waals surface area contributed by atoms with Crippen LogP contribution in [0.25, 0.3) is 0 Å². The van der Waals surface area contributed by atoms with Gasteiger partial charge in [0.1, 0.15) is 0 Å². The van der Waals surface area contributed by atoms with Gasteiger partial charge < -0.3 is 38.4 Å². The zero-order valence-corrected chi connectivity index (χ0v) is 8.60. The fourth-order valence-corrected chi connectivity index (χ4v) is 0. The van der Waals surface area contributed by atoms with Gasteiger partial charge in [-0.1, -0.05) is 0 Å². The Morgan fingerprint density at radius 1 is 0.727 bits per heavy atom. The maximum absolute atomic E-state index is 8.69. The number of rotatable bonds is 0. The standard InChI is InChI=1S/Er.H4O4Si.HO4Si/c;2*1-5(2,3)4/h;1-4H;1H/q+3;;-3. The summed E-state index contributed by atoms with van der Waals surface area (Å²) in [5.74, 6) is 0. The summed E-state index contributed by atoms with van der Waals surface area (Å²) >= 11 is 0. The molecule has 0 unspecified atom stereocenters. The van der Waals surface area contributed by atoms with Gasteiger partial charge in [0.15, 0.2) is 0 Å². The zero-order valence-electron chi connectivity index (χ0n) is 4.75. The average Bonchev–Trinajstić information content (AvgIpc) is 1.12. The van der Waals surface area contributed by atoms with Gasteiger partial charge in [0.25, 0.3) is 0 Å². The summed E-state index contributed by atoms with van der Waals surface area (Å²) in [4.78, 5) is 62.4. The van der Waals surface area contributed by atoms with E-state index in [1.807, 2.05) is 0 Å². The molecule has 0 aromatic rings. The molecule has 1 radical (unpaired) electrons. The van der Waals surface area contributed by atoms with Crippen LogP contribution < -0.4 is 14.4 Å². The maximum Gasteiger partial charge on any atom is 3.00 e. The molecule has 0 bridgehead atoms. The van der Waals surface area contributed by atoms with E-state index in [0.29, 0.717) is 0 Å². The van der Waals surface area contributed by atoms with E-state index < -0.39 is 18.1 Å². The molecule has 0 saturated heterocycles. The second-order valence-corrected chi connectivity index (χ2v) is 3.37. The van der Waals surface area contributed by atoms with Crippen molar-refractivity contribution in [3.8, 4) is 0 Å². The van der Waals surface area contributed by atoms with E-state index in [0.717, 1.165) is 0 Å². The first-order chi connectivity index (χ1) is 4.00. The summed E-state index contributed by atoms with van der Waals surface area (Å²) in [7, 11) is -9.97. The van der Waals surface area contributed by atoms with Crippen molar-refractivity contribution >= 4 is 18.1 Å². The van der Waals surface area contributed by atoms with Crippen molar-refractivity contribution in [3.05, 3.63) is 0 Å². The molecule has 0 aromatic heterocycles. The Kier molecular flexibility index (Phi) is 11.3. The van der Waals surface area contributed by atoms with Gasteiger partial charge in [0, 0.05) is 0 Å². The maximum atomic E-state index is 8.69. The van der Waals surface area contributed by atoms with Crippen LogP contribution in [0, 0.1) is 37.3 Å². The first-order valence-electron chi connectivity index (χ1n) is 1.73. The van der Waals surface area contributed by atoms with E-state index in [4.69, 9.17) is 38.4 Å². The molecule has 11 heavy (non-hydrogen) atoms. The van der Waals surface area contributed by atoms with E-state index in [9.17, 15) is 0 Å². The molecule has 0 rings (SSSR count). The van der Waals surface area contributed by atoms with Crippen LogP contribution in [-0.4, -0.2) is 42.1 Å². The van der Waals surface area contributed by atoms with Crippen LogP contribution in [0.15, 0.2) is 0 Å². The largest absolute Gasteiger partial charge is 3.00 e. The van der Waals surface area contributed by atoms with Crippen LogP contribution in [-0.2, 0) is 0 Å². The van der Waals surface area contributed by atoms with Crippen molar-refractivity contribution in [1.29, 1.82) is 0 Å². The molecule has 0 spiro atoms. The Labute approximate surface area is 93.2 Å². The van der Waals surface area contributed by atoms with E-state index >= 15 is 0 Å². The van der Waals surface area contributed by atoms with Crippen molar-refractivity contribution < 1.29 is 75.7 Å². The summed E-state index contributed by atoms with van der Waals surface area (Å²) in [5, 5.41) is 0. The van der Waals surface area contributed by atoms with Gasteiger partial charge in [-0.15, -0.1) is 9.05 Å². The molecule has 0 saturated carbocycles. The molecule has 73 valence electrons. The van der Waals surface area contributed by atoms with Crippen LogP contribution >= 0.6 is 0 Å². The molecule has 0 aliphatic rings. The molecule has 0 aromatic carbocycles. The first-order valence-corrected chi connectivity index (χ1v) is 5.19. The zero-order chi connectivity index (χ0) is 9.00. The summed E-state index contributed by atoms with van der Waals surface area (Å²) in [6, 6.07) is 0. The van der Waals surface area contributed by atoms with Crippen molar-refractivity contribution in [2.24, 2.45) is 0 Å². The quantitative estimate of drug-likeness (QED) is 0.266. The van der Waals surface area contributed by atoms with Crippen molar-refractivity contribution in [2.75, 3.05) is 0 Å². The van der Waals surface area contributed by atoms with Gasteiger partial charge in [-0.3, -0.25) is 0 Å². The van der Waals surface area contributed by atoms with E-state index in [1.165, 1.54) is 0 Å². The Bertz CT molecular complexity index is 55.1. The molecular weight excluding hydrogens is 351 g/mol. The van der Waals surface area contributed by atoms with Crippen molar-refractivity contribution in [1.82, 2.24) is 0 Å². The van der Waals surface area contributed by atoms with Crippen LogP contribution in [0.1, 0.15) is 0 Å².